The minimum atomic E-state index is -3.85. The van der Waals surface area contributed by atoms with Gasteiger partial charge in [-0.3, -0.25) is 9.40 Å². The fraction of sp³-hybridized carbons (Fsp3) is 0.400. The summed E-state index contributed by atoms with van der Waals surface area (Å²) in [6, 6.07) is 6.60. The first-order valence-electron chi connectivity index (χ1n) is 14.5. The number of fused-ring (bicyclic) bond motifs is 2. The molecular weight excluding hydrogens is 716 g/mol. The molecule has 0 saturated heterocycles. The Morgan fingerprint density at radius 1 is 1.15 bits per heavy atom. The van der Waals surface area contributed by atoms with E-state index in [1.54, 1.807) is 43.1 Å². The molecule has 16 heteroatoms. The summed E-state index contributed by atoms with van der Waals surface area (Å²) in [4.78, 5) is 6.45. The van der Waals surface area contributed by atoms with Crippen molar-refractivity contribution in [3.8, 4) is 0 Å². The number of aliphatic hydroxyl groups is 1. The lowest BCUT2D eigenvalue weighted by molar-refractivity contribution is 0.00657. The van der Waals surface area contributed by atoms with E-state index in [0.717, 1.165) is 10.7 Å². The Balaban J connectivity index is 1.53. The number of rotatable bonds is 10. The number of hydrogen-bond acceptors (Lipinski definition) is 7. The van der Waals surface area contributed by atoms with Crippen LogP contribution in [0, 0.1) is 17.6 Å². The number of nitrogens with zero attached hydrogens (tertiary/aromatic N) is 4. The molecule has 2 aromatic carbocycles. The van der Waals surface area contributed by atoms with Gasteiger partial charge in [-0.2, -0.15) is 5.10 Å². The van der Waals surface area contributed by atoms with Crippen molar-refractivity contribution in [2.45, 2.75) is 62.7 Å². The molecule has 1 aromatic heterocycles. The topological polar surface area (TPSA) is 112 Å². The molecule has 246 valence electrons. The van der Waals surface area contributed by atoms with Crippen molar-refractivity contribution in [1.82, 2.24) is 20.0 Å². The molecule has 3 unspecified atom stereocenters. The summed E-state index contributed by atoms with van der Waals surface area (Å²) in [5, 5.41) is 18.9. The van der Waals surface area contributed by atoms with Gasteiger partial charge in [0, 0.05) is 27.1 Å². The number of sulfonamides is 1. The number of likely N-dealkylation sites (N-methyl/N-ethyl adjacent to an activating group) is 1. The first-order valence-corrected chi connectivity index (χ1v) is 17.2. The average Bonchev–Trinajstić information content (AvgIpc) is 3.76. The molecule has 3 N–H and O–H groups in total. The number of alkyl halides is 2. The second-order valence-corrected chi connectivity index (χ2v) is 14.9. The Hall–Kier alpha value is -2.98. The molecule has 4 atom stereocenters. The van der Waals surface area contributed by atoms with Crippen LogP contribution < -0.4 is 10.0 Å². The molecule has 3 aliphatic rings. The van der Waals surface area contributed by atoms with Gasteiger partial charge in [-0.25, -0.2) is 31.0 Å². The summed E-state index contributed by atoms with van der Waals surface area (Å²) in [6.45, 7) is 0.903. The van der Waals surface area contributed by atoms with Gasteiger partial charge in [-0.1, -0.05) is 46.6 Å². The molecule has 46 heavy (non-hydrogen) atoms. The van der Waals surface area contributed by atoms with E-state index >= 15 is 0 Å². The highest BCUT2D eigenvalue weighted by Gasteiger charge is 2.46. The van der Waals surface area contributed by atoms with Crippen LogP contribution >= 0.6 is 27.5 Å². The third-order valence-corrected chi connectivity index (χ3v) is 10.9. The normalized spacial score (nSPS) is 21.9. The van der Waals surface area contributed by atoms with Crippen molar-refractivity contribution in [2.24, 2.45) is 10.9 Å². The largest absolute Gasteiger partial charge is 0.369 e. The Labute approximate surface area is 276 Å². The molecule has 0 spiro atoms. The minimum Gasteiger partial charge on any atom is -0.369 e. The summed E-state index contributed by atoms with van der Waals surface area (Å²) in [7, 11) is -2.23. The quantitative estimate of drug-likeness (QED) is 0.212. The first-order chi connectivity index (χ1) is 21.8. The number of halogens is 6. The number of benzene rings is 2. The van der Waals surface area contributed by atoms with E-state index in [4.69, 9.17) is 16.6 Å². The molecule has 6 rings (SSSR count). The minimum absolute atomic E-state index is 0.0455. The number of aliphatic hydroxyl groups excluding tert-OH is 1. The van der Waals surface area contributed by atoms with E-state index in [-0.39, 0.29) is 34.4 Å². The van der Waals surface area contributed by atoms with Gasteiger partial charge >= 0.3 is 0 Å². The van der Waals surface area contributed by atoms with Gasteiger partial charge in [-0.15, -0.1) is 0 Å². The Morgan fingerprint density at radius 2 is 1.85 bits per heavy atom. The van der Waals surface area contributed by atoms with Crippen molar-refractivity contribution >= 4 is 59.9 Å². The van der Waals surface area contributed by atoms with Crippen LogP contribution in [0.5, 0.6) is 0 Å². The van der Waals surface area contributed by atoms with Crippen LogP contribution in [0.1, 0.15) is 54.4 Å². The molecule has 1 fully saturated rings. The predicted octanol–water partition coefficient (Wildman–Crippen LogP) is 6.23. The number of nitrogens with one attached hydrogen (secondary N) is 2. The Bertz CT molecular complexity index is 1830. The van der Waals surface area contributed by atoms with E-state index in [9.17, 15) is 31.1 Å². The van der Waals surface area contributed by atoms with Crippen molar-refractivity contribution < 1.29 is 31.1 Å². The lowest BCUT2D eigenvalue weighted by Crippen LogP contribution is -2.52. The zero-order valence-electron chi connectivity index (χ0n) is 24.6. The van der Waals surface area contributed by atoms with Gasteiger partial charge in [-0.05, 0) is 56.1 Å². The zero-order valence-corrected chi connectivity index (χ0v) is 27.7. The summed E-state index contributed by atoms with van der Waals surface area (Å²) in [5.41, 5.74) is 1.44. The summed E-state index contributed by atoms with van der Waals surface area (Å²) in [5.74, 6) is -1.99. The summed E-state index contributed by atoms with van der Waals surface area (Å²) >= 11 is 10.1. The van der Waals surface area contributed by atoms with Gasteiger partial charge in [0.1, 0.15) is 24.0 Å². The lowest BCUT2D eigenvalue weighted by Gasteiger charge is -2.46. The van der Waals surface area contributed by atoms with Crippen LogP contribution in [0.2, 0.25) is 0 Å². The number of aliphatic imine (C=N–C) groups is 1. The molecule has 2 heterocycles. The van der Waals surface area contributed by atoms with E-state index in [1.165, 1.54) is 12.1 Å². The predicted molar refractivity (Wildman–Crippen MR) is 170 cm³/mol. The van der Waals surface area contributed by atoms with E-state index < -0.39 is 64.1 Å². The highest BCUT2D eigenvalue weighted by Crippen LogP contribution is 2.50. The molecule has 3 aromatic rings. The smallest absolute Gasteiger partial charge is 0.257 e. The van der Waals surface area contributed by atoms with E-state index in [0.29, 0.717) is 34.1 Å². The van der Waals surface area contributed by atoms with Crippen LogP contribution in [0.25, 0.3) is 5.03 Å². The van der Waals surface area contributed by atoms with Gasteiger partial charge in [0.2, 0.25) is 10.0 Å². The van der Waals surface area contributed by atoms with Gasteiger partial charge in [0.05, 0.1) is 34.3 Å². The second kappa shape index (κ2) is 12.6. The molecule has 0 radical (unpaired) electrons. The highest BCUT2D eigenvalue weighted by molar-refractivity contribution is 9.10. The fourth-order valence-electron chi connectivity index (χ4n) is 6.12. The van der Waals surface area contributed by atoms with Crippen molar-refractivity contribution in [3.63, 3.8) is 0 Å². The van der Waals surface area contributed by atoms with Crippen LogP contribution in [-0.4, -0.2) is 58.8 Å². The number of amidine groups is 1. The van der Waals surface area contributed by atoms with Crippen LogP contribution in [0.3, 0.4) is 0 Å². The fourth-order valence-corrected chi connectivity index (χ4v) is 8.19. The van der Waals surface area contributed by atoms with Crippen LogP contribution in [0.4, 0.5) is 29.1 Å². The second-order valence-electron chi connectivity index (χ2n) is 11.6. The molecule has 2 aliphatic carbocycles. The standard InChI is InChI=1S/C30H30BrClF4N6O3S/c1-14-7-21(32)25-27(41(13-24(35)36)39-28(25)40-46(44,45)19-4-5-19)26(14)42-29(38-22-11-16(31)3-6-20(22)30(42)43)23(37-2)10-15-8-17(33)12-18(34)9-15/h3,6-9,11-12,14,19,23-24,26,30,37,43H,4-5,10,13H2,1-2H3,(H,39,40)/t14?,23-,26?,30?/m0/s1. The number of hydrogen-bond donors (Lipinski definition) is 3. The Morgan fingerprint density at radius 3 is 2.48 bits per heavy atom. The van der Waals surface area contributed by atoms with E-state index in [2.05, 4.69) is 31.1 Å². The summed E-state index contributed by atoms with van der Waals surface area (Å²) in [6.07, 6.45) is -1.60. The maximum atomic E-state index is 14.2. The molecule has 0 amide bonds. The summed E-state index contributed by atoms with van der Waals surface area (Å²) < 4.78 is 86.5. The third kappa shape index (κ3) is 6.31. The maximum Gasteiger partial charge on any atom is 0.257 e. The monoisotopic (exact) mass is 744 g/mol. The van der Waals surface area contributed by atoms with Gasteiger partial charge in [0.15, 0.2) is 12.0 Å². The first kappa shape index (κ1) is 32.9. The molecule has 1 aliphatic heterocycles. The maximum absolute atomic E-state index is 14.2. The lowest BCUT2D eigenvalue weighted by atomic mass is 9.86. The number of aromatic nitrogens is 2. The SMILES string of the molecule is CN[C@@H](Cc1cc(F)cc(F)c1)C1=Nc2cc(Br)ccc2C(O)N1C1c2c(c(NS(=O)(=O)C3CC3)nn2CC(F)F)C(Cl)=CC1C. The van der Waals surface area contributed by atoms with Crippen LogP contribution in [-0.2, 0) is 23.0 Å². The van der Waals surface area contributed by atoms with E-state index in [1.807, 2.05) is 0 Å². The molecule has 0 bridgehead atoms. The van der Waals surface area contributed by atoms with Crippen molar-refractivity contribution in [3.05, 3.63) is 81.0 Å². The third-order valence-electron chi connectivity index (χ3n) is 8.29. The van der Waals surface area contributed by atoms with Gasteiger partial charge < -0.3 is 15.3 Å². The van der Waals surface area contributed by atoms with Crippen molar-refractivity contribution in [1.29, 1.82) is 0 Å². The van der Waals surface area contributed by atoms with Crippen LogP contribution in [0.15, 0.2) is 51.9 Å². The van der Waals surface area contributed by atoms with Gasteiger partial charge in [0.25, 0.3) is 6.43 Å². The highest BCUT2D eigenvalue weighted by atomic mass is 79.9. The van der Waals surface area contributed by atoms with Crippen molar-refractivity contribution in [2.75, 3.05) is 11.8 Å². The molecule has 9 nitrogen and oxygen atoms in total. The molecule has 1 saturated carbocycles. The average molecular weight is 746 g/mol. The molecular formula is C30H30BrClF4N6O3S. The Kier molecular flexibility index (Phi) is 9.00. The number of anilines is 1. The zero-order chi connectivity index (χ0) is 33.1.